The highest BCUT2D eigenvalue weighted by atomic mass is 35.5. The van der Waals surface area contributed by atoms with Gasteiger partial charge in [0.1, 0.15) is 5.82 Å². The summed E-state index contributed by atoms with van der Waals surface area (Å²) in [6.07, 6.45) is 0. The van der Waals surface area contributed by atoms with Gasteiger partial charge in [-0.25, -0.2) is 9.37 Å². The Morgan fingerprint density at radius 3 is 2.81 bits per heavy atom. The summed E-state index contributed by atoms with van der Waals surface area (Å²) in [5, 5.41) is 3.12. The van der Waals surface area contributed by atoms with E-state index in [1.165, 1.54) is 17.4 Å². The topological polar surface area (TPSA) is 38.9 Å². The Hall–Kier alpha value is -0.970. The summed E-state index contributed by atoms with van der Waals surface area (Å²) in [7, 11) is 0. The minimum atomic E-state index is -0.540. The molecule has 16 heavy (non-hydrogen) atoms. The van der Waals surface area contributed by atoms with Crippen LogP contribution in [0.4, 0.5) is 4.39 Å². The first-order valence-corrected chi connectivity index (χ1v) is 5.96. The first kappa shape index (κ1) is 11.5. The Labute approximate surface area is 102 Å². The second-order valence-electron chi connectivity index (χ2n) is 3.43. The number of hydrogen-bond acceptors (Lipinski definition) is 3. The van der Waals surface area contributed by atoms with E-state index in [9.17, 15) is 4.39 Å². The van der Waals surface area contributed by atoms with Gasteiger partial charge in [0.05, 0.1) is 16.7 Å². The summed E-state index contributed by atoms with van der Waals surface area (Å²) in [5.41, 5.74) is 7.04. The molecular formula is C11H10ClFN2S. The molecule has 0 spiro atoms. The van der Waals surface area contributed by atoms with Crippen LogP contribution in [0.25, 0.3) is 0 Å². The summed E-state index contributed by atoms with van der Waals surface area (Å²) in [6.45, 7) is 1.89. The molecule has 0 saturated heterocycles. The van der Waals surface area contributed by atoms with Crippen molar-refractivity contribution in [3.05, 3.63) is 50.7 Å². The van der Waals surface area contributed by atoms with Crippen molar-refractivity contribution in [1.29, 1.82) is 0 Å². The molecule has 2 aromatic rings. The summed E-state index contributed by atoms with van der Waals surface area (Å²) >= 11 is 7.17. The van der Waals surface area contributed by atoms with Crippen LogP contribution in [0.2, 0.25) is 5.02 Å². The predicted molar refractivity (Wildman–Crippen MR) is 64.3 cm³/mol. The molecule has 0 aliphatic rings. The van der Waals surface area contributed by atoms with Crippen LogP contribution in [0.15, 0.2) is 23.6 Å². The fourth-order valence-corrected chi connectivity index (χ4v) is 2.24. The molecule has 5 heteroatoms. The highest BCUT2D eigenvalue weighted by Crippen LogP contribution is 2.25. The lowest BCUT2D eigenvalue weighted by Gasteiger charge is -2.10. The quantitative estimate of drug-likeness (QED) is 0.896. The molecule has 1 aromatic heterocycles. The van der Waals surface area contributed by atoms with E-state index in [1.54, 1.807) is 12.1 Å². The van der Waals surface area contributed by atoms with Crippen LogP contribution in [-0.2, 0) is 0 Å². The minimum absolute atomic E-state index is 0.364. The standard InChI is InChI=1S/C11H10ClFN2S/c1-6-15-10(5-16-6)11(14)8-3-2-7(12)4-9(8)13/h2-5,11H,14H2,1H3. The second kappa shape index (κ2) is 4.49. The van der Waals surface area contributed by atoms with Crippen molar-refractivity contribution in [2.75, 3.05) is 0 Å². The molecule has 1 atom stereocenters. The molecule has 0 fully saturated rings. The highest BCUT2D eigenvalue weighted by molar-refractivity contribution is 7.09. The number of thiazole rings is 1. The van der Waals surface area contributed by atoms with Gasteiger partial charge >= 0.3 is 0 Å². The molecule has 0 saturated carbocycles. The van der Waals surface area contributed by atoms with Crippen LogP contribution in [0, 0.1) is 12.7 Å². The first-order chi connectivity index (χ1) is 7.58. The predicted octanol–water partition coefficient (Wildman–Crippen LogP) is 3.29. The van der Waals surface area contributed by atoms with Crippen LogP contribution in [0.1, 0.15) is 22.3 Å². The summed E-state index contributed by atoms with van der Waals surface area (Å²) in [6, 6.07) is 3.94. The van der Waals surface area contributed by atoms with Crippen molar-refractivity contribution >= 4 is 22.9 Å². The number of nitrogens with zero attached hydrogens (tertiary/aromatic N) is 1. The lowest BCUT2D eigenvalue weighted by molar-refractivity contribution is 0.597. The van der Waals surface area contributed by atoms with E-state index in [0.717, 1.165) is 5.01 Å². The van der Waals surface area contributed by atoms with Gasteiger partial charge < -0.3 is 5.73 Å². The van der Waals surface area contributed by atoms with Crippen molar-refractivity contribution in [1.82, 2.24) is 4.98 Å². The Balaban J connectivity index is 2.37. The van der Waals surface area contributed by atoms with Gasteiger partial charge in [0.2, 0.25) is 0 Å². The van der Waals surface area contributed by atoms with Gasteiger partial charge in [0, 0.05) is 16.0 Å². The fourth-order valence-electron chi connectivity index (χ4n) is 1.44. The third-order valence-electron chi connectivity index (χ3n) is 2.25. The highest BCUT2D eigenvalue weighted by Gasteiger charge is 2.16. The number of aryl methyl sites for hydroxylation is 1. The Morgan fingerprint density at radius 2 is 2.25 bits per heavy atom. The third-order valence-corrected chi connectivity index (χ3v) is 3.28. The Morgan fingerprint density at radius 1 is 1.50 bits per heavy atom. The summed E-state index contributed by atoms with van der Waals surface area (Å²) in [5.74, 6) is -0.398. The molecule has 0 aliphatic carbocycles. The van der Waals surface area contributed by atoms with Crippen molar-refractivity contribution in [2.24, 2.45) is 5.73 Å². The maximum absolute atomic E-state index is 13.6. The number of nitrogens with two attached hydrogens (primary N) is 1. The van der Waals surface area contributed by atoms with Crippen LogP contribution in [-0.4, -0.2) is 4.98 Å². The van der Waals surface area contributed by atoms with Gasteiger partial charge in [-0.3, -0.25) is 0 Å². The number of rotatable bonds is 2. The number of halogens is 2. The molecule has 0 amide bonds. The van der Waals surface area contributed by atoms with Gasteiger partial charge in [-0.05, 0) is 19.1 Å². The molecule has 2 nitrogen and oxygen atoms in total. The fraction of sp³-hybridized carbons (Fsp3) is 0.182. The van der Waals surface area contributed by atoms with Crippen LogP contribution < -0.4 is 5.73 Å². The zero-order chi connectivity index (χ0) is 11.7. The van der Waals surface area contributed by atoms with Crippen molar-refractivity contribution in [2.45, 2.75) is 13.0 Å². The number of hydrogen-bond donors (Lipinski definition) is 1. The Kier molecular flexibility index (Phi) is 3.23. The van der Waals surface area contributed by atoms with Crippen LogP contribution in [0.5, 0.6) is 0 Å². The number of benzene rings is 1. The average molecular weight is 257 g/mol. The molecule has 1 heterocycles. The molecule has 84 valence electrons. The van der Waals surface area contributed by atoms with E-state index in [0.29, 0.717) is 16.3 Å². The molecule has 0 radical (unpaired) electrons. The summed E-state index contributed by atoms with van der Waals surface area (Å²) in [4.78, 5) is 4.24. The van der Waals surface area contributed by atoms with E-state index in [-0.39, 0.29) is 0 Å². The van der Waals surface area contributed by atoms with E-state index < -0.39 is 11.9 Å². The monoisotopic (exact) mass is 256 g/mol. The van der Waals surface area contributed by atoms with Crippen LogP contribution >= 0.6 is 22.9 Å². The van der Waals surface area contributed by atoms with Crippen molar-refractivity contribution in [3.63, 3.8) is 0 Å². The van der Waals surface area contributed by atoms with Gasteiger partial charge in [-0.1, -0.05) is 17.7 Å². The third kappa shape index (κ3) is 2.24. The Bertz CT molecular complexity index is 512. The van der Waals surface area contributed by atoms with E-state index >= 15 is 0 Å². The molecule has 1 aromatic carbocycles. The SMILES string of the molecule is Cc1nc(C(N)c2ccc(Cl)cc2F)cs1. The van der Waals surface area contributed by atoms with Crippen molar-refractivity contribution in [3.8, 4) is 0 Å². The van der Waals surface area contributed by atoms with Crippen LogP contribution in [0.3, 0.4) is 0 Å². The lowest BCUT2D eigenvalue weighted by atomic mass is 10.1. The normalized spacial score (nSPS) is 12.8. The molecule has 0 aliphatic heterocycles. The van der Waals surface area contributed by atoms with Gasteiger partial charge in [0.25, 0.3) is 0 Å². The maximum atomic E-state index is 13.6. The number of aromatic nitrogens is 1. The maximum Gasteiger partial charge on any atom is 0.129 e. The average Bonchev–Trinajstić information content (AvgIpc) is 2.64. The molecular weight excluding hydrogens is 247 g/mol. The molecule has 1 unspecified atom stereocenters. The minimum Gasteiger partial charge on any atom is -0.319 e. The zero-order valence-corrected chi connectivity index (χ0v) is 10.1. The smallest absolute Gasteiger partial charge is 0.129 e. The van der Waals surface area contributed by atoms with E-state index in [1.807, 2.05) is 12.3 Å². The molecule has 2 N–H and O–H groups in total. The largest absolute Gasteiger partial charge is 0.319 e. The van der Waals surface area contributed by atoms with Crippen molar-refractivity contribution < 1.29 is 4.39 Å². The van der Waals surface area contributed by atoms with Gasteiger partial charge in [-0.15, -0.1) is 11.3 Å². The van der Waals surface area contributed by atoms with Gasteiger partial charge in [0.15, 0.2) is 0 Å². The zero-order valence-electron chi connectivity index (χ0n) is 8.58. The summed E-state index contributed by atoms with van der Waals surface area (Å²) < 4.78 is 13.6. The van der Waals surface area contributed by atoms with Gasteiger partial charge in [-0.2, -0.15) is 0 Å². The molecule has 2 rings (SSSR count). The van der Waals surface area contributed by atoms with E-state index in [2.05, 4.69) is 4.98 Å². The van der Waals surface area contributed by atoms with E-state index in [4.69, 9.17) is 17.3 Å². The second-order valence-corrected chi connectivity index (χ2v) is 4.93. The molecule has 0 bridgehead atoms. The lowest BCUT2D eigenvalue weighted by Crippen LogP contribution is -2.14. The first-order valence-electron chi connectivity index (χ1n) is 4.70.